The van der Waals surface area contributed by atoms with Crippen molar-refractivity contribution in [3.63, 3.8) is 0 Å². The third-order valence-corrected chi connectivity index (χ3v) is 7.61. The molecule has 0 spiro atoms. The number of hydrogen-bond donors (Lipinski definition) is 2. The summed E-state index contributed by atoms with van der Waals surface area (Å²) < 4.78 is 34.7. The topological polar surface area (TPSA) is 122 Å². The van der Waals surface area contributed by atoms with Gasteiger partial charge in [0.05, 0.1) is 17.6 Å². The van der Waals surface area contributed by atoms with E-state index in [1.54, 1.807) is 41.6 Å². The second-order valence-electron chi connectivity index (χ2n) is 10.7. The van der Waals surface area contributed by atoms with E-state index >= 15 is 0 Å². The first-order chi connectivity index (χ1) is 18.5. The van der Waals surface area contributed by atoms with E-state index in [4.69, 9.17) is 4.42 Å². The number of unbranched alkanes of at least 4 members (excludes halogenated alkanes) is 1. The van der Waals surface area contributed by atoms with Gasteiger partial charge in [-0.05, 0) is 67.0 Å². The lowest BCUT2D eigenvalue weighted by molar-refractivity contribution is -0.134. The van der Waals surface area contributed by atoms with E-state index in [1.807, 2.05) is 33.8 Å². The van der Waals surface area contributed by atoms with Crippen LogP contribution < -0.4 is 10.0 Å². The molecule has 10 heteroatoms. The minimum Gasteiger partial charge on any atom is -0.464 e. The molecule has 3 rings (SSSR count). The van der Waals surface area contributed by atoms with Crippen LogP contribution in [0.4, 0.5) is 0 Å². The van der Waals surface area contributed by atoms with E-state index in [1.165, 1.54) is 12.3 Å². The minimum atomic E-state index is -3.97. The number of sulfonamides is 1. The number of nitrogens with zero attached hydrogens (tertiary/aromatic N) is 2. The molecule has 2 N–H and O–H groups in total. The van der Waals surface area contributed by atoms with Crippen molar-refractivity contribution in [1.29, 1.82) is 0 Å². The van der Waals surface area contributed by atoms with Crippen LogP contribution >= 0.6 is 0 Å². The number of amides is 2. The van der Waals surface area contributed by atoms with Crippen molar-refractivity contribution >= 4 is 32.8 Å². The first kappa shape index (κ1) is 30.3. The molecule has 0 aliphatic rings. The summed E-state index contributed by atoms with van der Waals surface area (Å²) >= 11 is 0. The lowest BCUT2D eigenvalue weighted by atomic mass is 10.1. The van der Waals surface area contributed by atoms with Crippen molar-refractivity contribution in [1.82, 2.24) is 19.9 Å². The Kier molecular flexibility index (Phi) is 11.1. The van der Waals surface area contributed by atoms with E-state index in [9.17, 15) is 18.0 Å². The van der Waals surface area contributed by atoms with Gasteiger partial charge in [0.2, 0.25) is 21.8 Å². The standard InChI is InChI=1S/C29H40N4O5S/c1-21(2)19-33(20-22(3)4)29(35)26(9-5-6-14-31-28(34)16-23-8-7-13-30-18-23)32-39(36,37)25-10-11-27-24(17-25)12-15-38-27/h7-8,10-13,15,17-18,21-22,26,32H,5-6,9,14,16,19-20H2,1-4H3,(H,31,34)/t26-/m0/s1. The predicted molar refractivity (Wildman–Crippen MR) is 151 cm³/mol. The number of carbonyl (C=O) groups excluding carboxylic acids is 2. The number of aromatic nitrogens is 1. The summed E-state index contributed by atoms with van der Waals surface area (Å²) in [6, 6.07) is 9.05. The van der Waals surface area contributed by atoms with Gasteiger partial charge in [-0.15, -0.1) is 0 Å². The third-order valence-electron chi connectivity index (χ3n) is 6.14. The molecule has 0 fully saturated rings. The number of pyridine rings is 1. The van der Waals surface area contributed by atoms with E-state index < -0.39 is 16.1 Å². The van der Waals surface area contributed by atoms with Gasteiger partial charge in [0, 0.05) is 37.4 Å². The number of furan rings is 1. The molecule has 212 valence electrons. The Hall–Kier alpha value is -3.24. The van der Waals surface area contributed by atoms with Gasteiger partial charge in [-0.25, -0.2) is 8.42 Å². The Balaban J connectivity index is 1.67. The van der Waals surface area contributed by atoms with Gasteiger partial charge in [0.25, 0.3) is 0 Å². The lowest BCUT2D eigenvalue weighted by Gasteiger charge is -2.30. The number of fused-ring (bicyclic) bond motifs is 1. The van der Waals surface area contributed by atoms with Crippen molar-refractivity contribution in [2.75, 3.05) is 19.6 Å². The first-order valence-electron chi connectivity index (χ1n) is 13.5. The molecule has 9 nitrogen and oxygen atoms in total. The SMILES string of the molecule is CC(C)CN(CC(C)C)C(=O)[C@H](CCCCNC(=O)Cc1cccnc1)NS(=O)(=O)c1ccc2occc2c1. The summed E-state index contributed by atoms with van der Waals surface area (Å²) in [6.07, 6.45) is 6.56. The molecule has 1 atom stereocenters. The summed E-state index contributed by atoms with van der Waals surface area (Å²) in [6.45, 7) is 9.66. The average Bonchev–Trinajstić information content (AvgIpc) is 3.35. The van der Waals surface area contributed by atoms with Crippen molar-refractivity contribution in [3.05, 3.63) is 60.6 Å². The van der Waals surface area contributed by atoms with Crippen molar-refractivity contribution in [2.24, 2.45) is 11.8 Å². The second-order valence-corrected chi connectivity index (χ2v) is 12.4. The summed E-state index contributed by atoms with van der Waals surface area (Å²) in [4.78, 5) is 31.8. The fourth-order valence-electron chi connectivity index (χ4n) is 4.41. The van der Waals surface area contributed by atoms with Crippen LogP contribution in [0.3, 0.4) is 0 Å². The molecule has 0 unspecified atom stereocenters. The normalized spacial score (nSPS) is 12.7. The van der Waals surface area contributed by atoms with Crippen LogP contribution in [0.2, 0.25) is 0 Å². The fraction of sp³-hybridized carbons (Fsp3) is 0.483. The molecule has 39 heavy (non-hydrogen) atoms. The van der Waals surface area contributed by atoms with Crippen LogP contribution in [0.25, 0.3) is 11.0 Å². The molecule has 0 saturated heterocycles. The molecule has 0 radical (unpaired) electrons. The highest BCUT2D eigenvalue weighted by molar-refractivity contribution is 7.89. The molecular weight excluding hydrogens is 516 g/mol. The second kappa shape index (κ2) is 14.2. The molecule has 3 aromatic rings. The highest BCUT2D eigenvalue weighted by atomic mass is 32.2. The first-order valence-corrected chi connectivity index (χ1v) is 15.0. The molecular formula is C29H40N4O5S. The molecule has 0 aliphatic carbocycles. The minimum absolute atomic E-state index is 0.0798. The van der Waals surface area contributed by atoms with Gasteiger partial charge in [0.15, 0.2) is 0 Å². The number of carbonyl (C=O) groups is 2. The zero-order chi connectivity index (χ0) is 28.4. The molecule has 2 aromatic heterocycles. The zero-order valence-electron chi connectivity index (χ0n) is 23.2. The smallest absolute Gasteiger partial charge is 0.241 e. The van der Waals surface area contributed by atoms with E-state index in [0.717, 1.165) is 5.56 Å². The Morgan fingerprint density at radius 1 is 1.03 bits per heavy atom. The molecule has 2 amide bonds. The van der Waals surface area contributed by atoms with E-state index in [0.29, 0.717) is 49.9 Å². The lowest BCUT2D eigenvalue weighted by Crippen LogP contribution is -2.50. The van der Waals surface area contributed by atoms with Crippen LogP contribution in [-0.4, -0.2) is 55.8 Å². The van der Waals surface area contributed by atoms with Crippen molar-refractivity contribution in [2.45, 2.75) is 64.3 Å². The van der Waals surface area contributed by atoms with Crippen LogP contribution in [0, 0.1) is 11.8 Å². The molecule has 0 aliphatic heterocycles. The highest BCUT2D eigenvalue weighted by Gasteiger charge is 2.30. The number of hydrogen-bond acceptors (Lipinski definition) is 6. The van der Waals surface area contributed by atoms with Gasteiger partial charge < -0.3 is 14.6 Å². The van der Waals surface area contributed by atoms with Crippen molar-refractivity contribution in [3.8, 4) is 0 Å². The Morgan fingerprint density at radius 3 is 2.44 bits per heavy atom. The van der Waals surface area contributed by atoms with Gasteiger partial charge in [-0.1, -0.05) is 33.8 Å². The van der Waals surface area contributed by atoms with Gasteiger partial charge in [0.1, 0.15) is 11.6 Å². The third kappa shape index (κ3) is 9.47. The molecule has 0 saturated carbocycles. The summed E-state index contributed by atoms with van der Waals surface area (Å²) in [5, 5.41) is 3.56. The quantitative estimate of drug-likeness (QED) is 0.271. The van der Waals surface area contributed by atoms with Crippen LogP contribution in [0.15, 0.2) is 64.4 Å². The maximum atomic E-state index is 13.7. The van der Waals surface area contributed by atoms with Gasteiger partial charge >= 0.3 is 0 Å². The van der Waals surface area contributed by atoms with Crippen LogP contribution in [0.1, 0.15) is 52.5 Å². The van der Waals surface area contributed by atoms with Crippen LogP contribution in [0.5, 0.6) is 0 Å². The van der Waals surface area contributed by atoms with E-state index in [-0.39, 0.29) is 35.0 Å². The van der Waals surface area contributed by atoms with Crippen LogP contribution in [-0.2, 0) is 26.0 Å². The van der Waals surface area contributed by atoms with Gasteiger partial charge in [-0.3, -0.25) is 14.6 Å². The molecule has 1 aromatic carbocycles. The number of benzene rings is 1. The van der Waals surface area contributed by atoms with Crippen molar-refractivity contribution < 1.29 is 22.4 Å². The molecule has 0 bridgehead atoms. The Labute approximate surface area is 231 Å². The predicted octanol–water partition coefficient (Wildman–Crippen LogP) is 4.14. The average molecular weight is 557 g/mol. The monoisotopic (exact) mass is 556 g/mol. The Morgan fingerprint density at radius 2 is 1.77 bits per heavy atom. The maximum absolute atomic E-state index is 13.7. The zero-order valence-corrected chi connectivity index (χ0v) is 24.0. The summed E-state index contributed by atoms with van der Waals surface area (Å²) in [5.41, 5.74) is 1.42. The molecule has 2 heterocycles. The van der Waals surface area contributed by atoms with Gasteiger partial charge in [-0.2, -0.15) is 4.72 Å². The highest BCUT2D eigenvalue weighted by Crippen LogP contribution is 2.21. The largest absolute Gasteiger partial charge is 0.464 e. The maximum Gasteiger partial charge on any atom is 0.241 e. The number of rotatable bonds is 15. The number of nitrogens with one attached hydrogen (secondary N) is 2. The Bertz CT molecular complexity index is 1310. The summed E-state index contributed by atoms with van der Waals surface area (Å²) in [7, 11) is -3.97. The fourth-order valence-corrected chi connectivity index (χ4v) is 5.67. The van der Waals surface area contributed by atoms with E-state index in [2.05, 4.69) is 15.0 Å². The summed E-state index contributed by atoms with van der Waals surface area (Å²) in [5.74, 6) is 0.143.